The molecule has 0 unspecified atom stereocenters. The van der Waals surface area contributed by atoms with Crippen molar-refractivity contribution in [3.8, 4) is 6.07 Å². The van der Waals surface area contributed by atoms with Gasteiger partial charge >= 0.3 is 0 Å². The van der Waals surface area contributed by atoms with Crippen LogP contribution in [-0.2, 0) is 10.2 Å². The SMILES string of the molecule is Cc1cccc(C(C)(C)CNCC2(C#N)COC2)c1. The van der Waals surface area contributed by atoms with Gasteiger partial charge in [0.2, 0.25) is 0 Å². The molecule has 0 amide bonds. The van der Waals surface area contributed by atoms with Crippen LogP contribution < -0.4 is 5.32 Å². The predicted octanol–water partition coefficient (Wildman–Crippen LogP) is 2.40. The standard InChI is InChI=1S/C16H22N2O/c1-13-5-4-6-14(7-13)15(2,3)9-18-10-16(8-17)11-19-12-16/h4-7,18H,9-12H2,1-3H3. The Kier molecular flexibility index (Phi) is 3.93. The van der Waals surface area contributed by atoms with Crippen LogP contribution in [0.25, 0.3) is 0 Å². The summed E-state index contributed by atoms with van der Waals surface area (Å²) in [7, 11) is 0. The minimum absolute atomic E-state index is 0.0628. The third-order valence-electron chi connectivity index (χ3n) is 3.82. The van der Waals surface area contributed by atoms with E-state index in [1.807, 2.05) is 0 Å². The first-order valence-electron chi connectivity index (χ1n) is 6.74. The van der Waals surface area contributed by atoms with Gasteiger partial charge in [0.05, 0.1) is 19.3 Å². The second-order valence-electron chi connectivity index (χ2n) is 6.24. The van der Waals surface area contributed by atoms with Gasteiger partial charge in [0, 0.05) is 18.5 Å². The molecule has 102 valence electrons. The number of ether oxygens (including phenoxy) is 1. The van der Waals surface area contributed by atoms with E-state index in [-0.39, 0.29) is 10.8 Å². The number of nitriles is 1. The second kappa shape index (κ2) is 5.32. The summed E-state index contributed by atoms with van der Waals surface area (Å²) >= 11 is 0. The molecule has 0 spiro atoms. The van der Waals surface area contributed by atoms with Crippen LogP contribution in [0.5, 0.6) is 0 Å². The molecule has 1 aromatic carbocycles. The van der Waals surface area contributed by atoms with E-state index in [2.05, 4.69) is 56.4 Å². The zero-order valence-corrected chi connectivity index (χ0v) is 12.0. The van der Waals surface area contributed by atoms with E-state index in [4.69, 9.17) is 10.00 Å². The highest BCUT2D eigenvalue weighted by Crippen LogP contribution is 2.27. The van der Waals surface area contributed by atoms with Crippen molar-refractivity contribution < 1.29 is 4.74 Å². The Morgan fingerprint density at radius 2 is 2.16 bits per heavy atom. The fraction of sp³-hybridized carbons (Fsp3) is 0.562. The minimum atomic E-state index is -0.303. The first-order chi connectivity index (χ1) is 8.97. The molecule has 1 saturated heterocycles. The molecule has 1 aliphatic heterocycles. The van der Waals surface area contributed by atoms with E-state index in [1.54, 1.807) is 0 Å². The molecule has 1 heterocycles. The van der Waals surface area contributed by atoms with Crippen LogP contribution in [0.3, 0.4) is 0 Å². The molecule has 1 aromatic rings. The molecular formula is C16H22N2O. The molecule has 0 atom stereocenters. The highest BCUT2D eigenvalue weighted by Gasteiger charge is 2.38. The summed E-state index contributed by atoms with van der Waals surface area (Å²) in [6.45, 7) is 9.25. The zero-order valence-electron chi connectivity index (χ0n) is 12.0. The van der Waals surface area contributed by atoms with Crippen LogP contribution >= 0.6 is 0 Å². The lowest BCUT2D eigenvalue weighted by Gasteiger charge is -2.36. The summed E-state index contributed by atoms with van der Waals surface area (Å²) < 4.78 is 5.15. The van der Waals surface area contributed by atoms with Crippen molar-refractivity contribution in [2.24, 2.45) is 5.41 Å². The summed E-state index contributed by atoms with van der Waals surface area (Å²) in [5.41, 5.74) is 2.37. The summed E-state index contributed by atoms with van der Waals surface area (Å²) in [5.74, 6) is 0. The maximum atomic E-state index is 9.15. The van der Waals surface area contributed by atoms with E-state index in [0.29, 0.717) is 19.8 Å². The van der Waals surface area contributed by atoms with Crippen LogP contribution in [-0.4, -0.2) is 26.3 Å². The number of nitrogens with one attached hydrogen (secondary N) is 1. The lowest BCUT2D eigenvalue weighted by molar-refractivity contribution is -0.0756. The van der Waals surface area contributed by atoms with Gasteiger partial charge in [0.25, 0.3) is 0 Å². The van der Waals surface area contributed by atoms with Gasteiger partial charge in [-0.15, -0.1) is 0 Å². The van der Waals surface area contributed by atoms with E-state index < -0.39 is 0 Å². The quantitative estimate of drug-likeness (QED) is 0.882. The summed E-state index contributed by atoms with van der Waals surface area (Å²) in [6, 6.07) is 11.0. The average molecular weight is 258 g/mol. The molecular weight excluding hydrogens is 236 g/mol. The van der Waals surface area contributed by atoms with Crippen LogP contribution in [0.15, 0.2) is 24.3 Å². The Morgan fingerprint density at radius 1 is 1.42 bits per heavy atom. The Hall–Kier alpha value is -1.37. The molecule has 1 N–H and O–H groups in total. The van der Waals surface area contributed by atoms with Gasteiger partial charge < -0.3 is 10.1 Å². The number of hydrogen-bond donors (Lipinski definition) is 1. The monoisotopic (exact) mass is 258 g/mol. The lowest BCUT2D eigenvalue weighted by atomic mass is 9.83. The van der Waals surface area contributed by atoms with E-state index in [1.165, 1.54) is 11.1 Å². The lowest BCUT2D eigenvalue weighted by Crippen LogP contribution is -2.50. The fourth-order valence-corrected chi connectivity index (χ4v) is 2.34. The molecule has 2 rings (SSSR count). The molecule has 1 aliphatic rings. The minimum Gasteiger partial charge on any atom is -0.378 e. The first-order valence-corrected chi connectivity index (χ1v) is 6.74. The fourth-order valence-electron chi connectivity index (χ4n) is 2.34. The van der Waals surface area contributed by atoms with E-state index in [0.717, 1.165) is 6.54 Å². The van der Waals surface area contributed by atoms with Gasteiger partial charge in [-0.05, 0) is 12.5 Å². The van der Waals surface area contributed by atoms with Crippen LogP contribution in [0, 0.1) is 23.7 Å². The van der Waals surface area contributed by atoms with Crippen molar-refractivity contribution in [1.29, 1.82) is 5.26 Å². The first kappa shape index (κ1) is 14.0. The molecule has 3 nitrogen and oxygen atoms in total. The summed E-state index contributed by atoms with van der Waals surface area (Å²) in [6.07, 6.45) is 0. The largest absolute Gasteiger partial charge is 0.378 e. The van der Waals surface area contributed by atoms with Crippen molar-refractivity contribution in [3.63, 3.8) is 0 Å². The van der Waals surface area contributed by atoms with Crippen LogP contribution in [0.4, 0.5) is 0 Å². The maximum absolute atomic E-state index is 9.15. The van der Waals surface area contributed by atoms with Gasteiger partial charge in [-0.1, -0.05) is 43.7 Å². The molecule has 0 bridgehead atoms. The smallest absolute Gasteiger partial charge is 0.116 e. The summed E-state index contributed by atoms with van der Waals surface area (Å²) in [4.78, 5) is 0. The molecule has 0 aromatic heterocycles. The van der Waals surface area contributed by atoms with Crippen molar-refractivity contribution >= 4 is 0 Å². The summed E-state index contributed by atoms with van der Waals surface area (Å²) in [5, 5.41) is 12.6. The zero-order chi connectivity index (χ0) is 13.9. The number of aryl methyl sites for hydroxylation is 1. The van der Waals surface area contributed by atoms with Crippen molar-refractivity contribution in [2.45, 2.75) is 26.2 Å². The van der Waals surface area contributed by atoms with Crippen LogP contribution in [0.2, 0.25) is 0 Å². The highest BCUT2D eigenvalue weighted by atomic mass is 16.5. The van der Waals surface area contributed by atoms with E-state index >= 15 is 0 Å². The van der Waals surface area contributed by atoms with Gasteiger partial charge in [-0.3, -0.25) is 0 Å². The van der Waals surface area contributed by atoms with Crippen molar-refractivity contribution in [3.05, 3.63) is 35.4 Å². The number of rotatable bonds is 5. The van der Waals surface area contributed by atoms with Gasteiger partial charge in [0.15, 0.2) is 0 Å². The average Bonchev–Trinajstić information content (AvgIpc) is 2.32. The molecule has 3 heteroatoms. The Labute approximate surface area is 115 Å². The molecule has 0 radical (unpaired) electrons. The molecule has 1 fully saturated rings. The Balaban J connectivity index is 1.93. The van der Waals surface area contributed by atoms with Gasteiger partial charge in [0.1, 0.15) is 5.41 Å². The third kappa shape index (κ3) is 3.15. The Bertz CT molecular complexity index is 484. The second-order valence-corrected chi connectivity index (χ2v) is 6.24. The van der Waals surface area contributed by atoms with Gasteiger partial charge in [-0.2, -0.15) is 5.26 Å². The number of hydrogen-bond acceptors (Lipinski definition) is 3. The van der Waals surface area contributed by atoms with Crippen molar-refractivity contribution in [1.82, 2.24) is 5.32 Å². The third-order valence-corrected chi connectivity index (χ3v) is 3.82. The maximum Gasteiger partial charge on any atom is 0.116 e. The number of benzene rings is 1. The van der Waals surface area contributed by atoms with E-state index in [9.17, 15) is 0 Å². The molecule has 0 aliphatic carbocycles. The highest BCUT2D eigenvalue weighted by molar-refractivity contribution is 5.28. The molecule has 0 saturated carbocycles. The molecule has 19 heavy (non-hydrogen) atoms. The topological polar surface area (TPSA) is 45.0 Å². The van der Waals surface area contributed by atoms with Crippen molar-refractivity contribution in [2.75, 3.05) is 26.3 Å². The Morgan fingerprint density at radius 3 is 2.68 bits per heavy atom. The predicted molar refractivity (Wildman–Crippen MR) is 75.9 cm³/mol. The number of nitrogens with zero attached hydrogens (tertiary/aromatic N) is 1. The normalized spacial score (nSPS) is 17.6. The van der Waals surface area contributed by atoms with Gasteiger partial charge in [-0.25, -0.2) is 0 Å². The van der Waals surface area contributed by atoms with Crippen LogP contribution in [0.1, 0.15) is 25.0 Å².